The number of hydrogen-bond acceptors (Lipinski definition) is 4. The highest BCUT2D eigenvalue weighted by atomic mass is 35.5. The minimum absolute atomic E-state index is 0.0211. The first-order valence-electron chi connectivity index (χ1n) is 6.32. The minimum Gasteiger partial charge on any atom is -0.508 e. The molecular weight excluding hydrogens is 308 g/mol. The molecule has 0 unspecified atom stereocenters. The van der Waals surface area contributed by atoms with Crippen LogP contribution in [0.15, 0.2) is 36.4 Å². The van der Waals surface area contributed by atoms with E-state index in [0.717, 1.165) is 0 Å². The Kier molecular flexibility index (Phi) is 4.95. The average Bonchev–Trinajstić information content (AvgIpc) is 2.50. The smallest absolute Gasteiger partial charge is 0.323 e. The van der Waals surface area contributed by atoms with Gasteiger partial charge < -0.3 is 25.2 Å². The fourth-order valence-electron chi connectivity index (χ4n) is 1.78. The summed E-state index contributed by atoms with van der Waals surface area (Å²) in [6, 6.07) is 8.80. The van der Waals surface area contributed by atoms with E-state index in [1.54, 1.807) is 25.3 Å². The highest BCUT2D eigenvalue weighted by Gasteiger charge is 2.10. The van der Waals surface area contributed by atoms with Gasteiger partial charge in [0.1, 0.15) is 17.2 Å². The summed E-state index contributed by atoms with van der Waals surface area (Å²) >= 11 is 5.93. The topological polar surface area (TPSA) is 79.8 Å². The summed E-state index contributed by atoms with van der Waals surface area (Å²) in [5.41, 5.74) is 0.861. The van der Waals surface area contributed by atoms with E-state index in [9.17, 15) is 9.90 Å². The van der Waals surface area contributed by atoms with E-state index in [2.05, 4.69) is 10.6 Å². The molecule has 7 heteroatoms. The predicted octanol–water partition coefficient (Wildman–Crippen LogP) is 3.71. The van der Waals surface area contributed by atoms with Crippen LogP contribution in [0.4, 0.5) is 16.2 Å². The third-order valence-electron chi connectivity index (χ3n) is 2.86. The van der Waals surface area contributed by atoms with E-state index in [4.69, 9.17) is 21.1 Å². The van der Waals surface area contributed by atoms with E-state index < -0.39 is 6.03 Å². The zero-order chi connectivity index (χ0) is 16.1. The molecule has 0 aromatic heterocycles. The Morgan fingerprint density at radius 3 is 2.36 bits per heavy atom. The number of anilines is 2. The Labute approximate surface area is 132 Å². The van der Waals surface area contributed by atoms with E-state index in [0.29, 0.717) is 22.9 Å². The van der Waals surface area contributed by atoms with Crippen molar-refractivity contribution in [1.29, 1.82) is 0 Å². The lowest BCUT2D eigenvalue weighted by atomic mass is 10.2. The number of amides is 2. The van der Waals surface area contributed by atoms with Crippen molar-refractivity contribution in [3.05, 3.63) is 41.4 Å². The highest BCUT2D eigenvalue weighted by Crippen LogP contribution is 2.30. The maximum absolute atomic E-state index is 12.0. The number of methoxy groups -OCH3 is 2. The summed E-state index contributed by atoms with van der Waals surface area (Å²) < 4.78 is 10.3. The summed E-state index contributed by atoms with van der Waals surface area (Å²) in [5.74, 6) is 1.10. The van der Waals surface area contributed by atoms with E-state index in [1.807, 2.05) is 0 Å². The summed E-state index contributed by atoms with van der Waals surface area (Å²) in [5, 5.41) is 14.8. The molecule has 0 aliphatic heterocycles. The van der Waals surface area contributed by atoms with Gasteiger partial charge in [0.05, 0.1) is 30.6 Å². The Balaban J connectivity index is 2.12. The molecule has 2 rings (SSSR count). The van der Waals surface area contributed by atoms with Crippen LogP contribution in [0.25, 0.3) is 0 Å². The molecule has 0 fully saturated rings. The van der Waals surface area contributed by atoms with Crippen LogP contribution in [0.5, 0.6) is 17.2 Å². The number of phenols is 1. The first-order chi connectivity index (χ1) is 10.5. The van der Waals surface area contributed by atoms with Crippen molar-refractivity contribution in [2.24, 2.45) is 0 Å². The predicted molar refractivity (Wildman–Crippen MR) is 85.3 cm³/mol. The zero-order valence-electron chi connectivity index (χ0n) is 12.0. The second-order valence-corrected chi connectivity index (χ2v) is 4.72. The van der Waals surface area contributed by atoms with E-state index >= 15 is 0 Å². The molecule has 3 N–H and O–H groups in total. The number of urea groups is 1. The van der Waals surface area contributed by atoms with Gasteiger partial charge in [-0.2, -0.15) is 0 Å². The number of carbonyl (C=O) groups is 1. The fraction of sp³-hybridized carbons (Fsp3) is 0.133. The van der Waals surface area contributed by atoms with Crippen LogP contribution in [0, 0.1) is 0 Å². The lowest BCUT2D eigenvalue weighted by Crippen LogP contribution is -2.20. The van der Waals surface area contributed by atoms with Crippen molar-refractivity contribution in [1.82, 2.24) is 0 Å². The zero-order valence-corrected chi connectivity index (χ0v) is 12.8. The molecule has 116 valence electrons. The number of nitrogens with one attached hydrogen (secondary N) is 2. The van der Waals surface area contributed by atoms with Crippen molar-refractivity contribution in [3.8, 4) is 17.2 Å². The Morgan fingerprint density at radius 1 is 1.05 bits per heavy atom. The molecule has 22 heavy (non-hydrogen) atoms. The number of phenolic OH excluding ortho intramolecular Hbond substituents is 1. The van der Waals surface area contributed by atoms with Crippen LogP contribution in [0.3, 0.4) is 0 Å². The van der Waals surface area contributed by atoms with Gasteiger partial charge in [0, 0.05) is 12.1 Å². The number of aromatic hydroxyl groups is 1. The molecule has 0 saturated heterocycles. The second kappa shape index (κ2) is 6.91. The summed E-state index contributed by atoms with van der Waals surface area (Å²) in [7, 11) is 3.04. The molecule has 2 amide bonds. The van der Waals surface area contributed by atoms with Crippen LogP contribution in [-0.4, -0.2) is 25.4 Å². The van der Waals surface area contributed by atoms with Gasteiger partial charge in [-0.15, -0.1) is 0 Å². The van der Waals surface area contributed by atoms with Crippen molar-refractivity contribution >= 4 is 29.0 Å². The quantitative estimate of drug-likeness (QED) is 0.750. The third kappa shape index (κ3) is 3.73. The largest absolute Gasteiger partial charge is 0.508 e. The Morgan fingerprint density at radius 2 is 1.73 bits per heavy atom. The SMILES string of the molecule is COc1ccc(NC(=O)Nc2ccc(O)cc2Cl)c(OC)c1. The van der Waals surface area contributed by atoms with Crippen molar-refractivity contribution in [2.75, 3.05) is 24.9 Å². The maximum Gasteiger partial charge on any atom is 0.323 e. The number of benzene rings is 2. The molecule has 0 saturated carbocycles. The lowest BCUT2D eigenvalue weighted by molar-refractivity contribution is 0.262. The molecule has 0 radical (unpaired) electrons. The van der Waals surface area contributed by atoms with Crippen LogP contribution in [0.2, 0.25) is 5.02 Å². The first-order valence-corrected chi connectivity index (χ1v) is 6.70. The van der Waals surface area contributed by atoms with Gasteiger partial charge in [-0.05, 0) is 24.3 Å². The number of halogens is 1. The van der Waals surface area contributed by atoms with Crippen molar-refractivity contribution in [3.63, 3.8) is 0 Å². The molecule has 0 aliphatic rings. The number of rotatable bonds is 4. The second-order valence-electron chi connectivity index (χ2n) is 4.31. The van der Waals surface area contributed by atoms with E-state index in [-0.39, 0.29) is 10.8 Å². The van der Waals surface area contributed by atoms with Gasteiger partial charge in [-0.3, -0.25) is 0 Å². The molecule has 2 aromatic carbocycles. The number of hydrogen-bond donors (Lipinski definition) is 3. The molecule has 0 heterocycles. The average molecular weight is 323 g/mol. The minimum atomic E-state index is -0.490. The van der Waals surface area contributed by atoms with Gasteiger partial charge in [0.2, 0.25) is 0 Å². The fourth-order valence-corrected chi connectivity index (χ4v) is 2.01. The molecule has 0 atom stereocenters. The van der Waals surface area contributed by atoms with Gasteiger partial charge in [0.15, 0.2) is 0 Å². The van der Waals surface area contributed by atoms with E-state index in [1.165, 1.54) is 25.3 Å². The summed E-state index contributed by atoms with van der Waals surface area (Å²) in [6.45, 7) is 0. The van der Waals surface area contributed by atoms with Gasteiger partial charge in [-0.25, -0.2) is 4.79 Å². The van der Waals surface area contributed by atoms with Crippen LogP contribution >= 0.6 is 11.6 Å². The third-order valence-corrected chi connectivity index (χ3v) is 3.17. The molecule has 0 spiro atoms. The number of ether oxygens (including phenoxy) is 2. The monoisotopic (exact) mass is 322 g/mol. The molecule has 2 aromatic rings. The van der Waals surface area contributed by atoms with Gasteiger partial charge >= 0.3 is 6.03 Å². The Hall–Kier alpha value is -2.60. The van der Waals surface area contributed by atoms with Crippen LogP contribution < -0.4 is 20.1 Å². The molecular formula is C15H15ClN2O4. The molecule has 6 nitrogen and oxygen atoms in total. The lowest BCUT2D eigenvalue weighted by Gasteiger charge is -2.13. The standard InChI is InChI=1S/C15H15ClN2O4/c1-21-10-4-6-13(14(8-10)22-2)18-15(20)17-12-5-3-9(19)7-11(12)16/h3-8,19H,1-2H3,(H2,17,18,20). The van der Waals surface area contributed by atoms with Crippen molar-refractivity contribution < 1.29 is 19.4 Å². The summed E-state index contributed by atoms with van der Waals surface area (Å²) in [4.78, 5) is 12.0. The maximum atomic E-state index is 12.0. The van der Waals surface area contributed by atoms with Gasteiger partial charge in [-0.1, -0.05) is 11.6 Å². The van der Waals surface area contributed by atoms with Crippen LogP contribution in [-0.2, 0) is 0 Å². The first kappa shape index (κ1) is 15.8. The highest BCUT2D eigenvalue weighted by molar-refractivity contribution is 6.34. The molecule has 0 bridgehead atoms. The van der Waals surface area contributed by atoms with Crippen LogP contribution in [0.1, 0.15) is 0 Å². The van der Waals surface area contributed by atoms with Crippen molar-refractivity contribution in [2.45, 2.75) is 0 Å². The summed E-state index contributed by atoms with van der Waals surface area (Å²) in [6.07, 6.45) is 0. The molecule has 0 aliphatic carbocycles. The normalized spacial score (nSPS) is 9.95. The number of carbonyl (C=O) groups excluding carboxylic acids is 1. The van der Waals surface area contributed by atoms with Gasteiger partial charge in [0.25, 0.3) is 0 Å². The Bertz CT molecular complexity index is 691.